The number of aromatic nitrogens is 2. The van der Waals surface area contributed by atoms with Crippen LogP contribution in [0.1, 0.15) is 42.9 Å². The van der Waals surface area contributed by atoms with Gasteiger partial charge in [-0.2, -0.15) is 18.4 Å². The number of nitrogens with zero attached hydrogens (tertiary/aromatic N) is 3. The van der Waals surface area contributed by atoms with Crippen LogP contribution >= 0.6 is 0 Å². The first kappa shape index (κ1) is 27.5. The Morgan fingerprint density at radius 2 is 1.76 bits per heavy atom. The van der Waals surface area contributed by atoms with Crippen LogP contribution in [0, 0.1) is 25.2 Å². The number of benzene rings is 1. The van der Waals surface area contributed by atoms with Crippen molar-refractivity contribution in [1.82, 2.24) is 15.3 Å². The summed E-state index contributed by atoms with van der Waals surface area (Å²) in [7, 11) is 0. The maximum Gasteiger partial charge on any atom is 0.490 e. The fraction of sp³-hybridized carbons (Fsp3) is 0.409. The van der Waals surface area contributed by atoms with Gasteiger partial charge in [-0.25, -0.2) is 14.8 Å². The van der Waals surface area contributed by atoms with Crippen LogP contribution in [0.4, 0.5) is 13.2 Å². The molecule has 1 aromatic carbocycles. The summed E-state index contributed by atoms with van der Waals surface area (Å²) in [5.41, 5.74) is 9.53. The largest absolute Gasteiger partial charge is 0.490 e. The molecule has 2 rings (SSSR count). The fourth-order valence-electron chi connectivity index (χ4n) is 2.48. The number of carbonyl (C=O) groups excluding carboxylic acids is 1. The molecule has 0 radical (unpaired) electrons. The highest BCUT2D eigenvalue weighted by molar-refractivity contribution is 5.83. The summed E-state index contributed by atoms with van der Waals surface area (Å²) < 4.78 is 31.7. The van der Waals surface area contributed by atoms with Crippen molar-refractivity contribution in [3.63, 3.8) is 0 Å². The number of alkyl halides is 3. The second-order valence-electron chi connectivity index (χ2n) is 7.80. The topological polar surface area (TPSA) is 142 Å². The first-order chi connectivity index (χ1) is 15.2. The number of nitriles is 1. The molecule has 1 aromatic heterocycles. The summed E-state index contributed by atoms with van der Waals surface area (Å²) in [5.74, 6) is -2.98. The number of primary amides is 1. The molecule has 0 bridgehead atoms. The Hall–Kier alpha value is -3.52. The second-order valence-corrected chi connectivity index (χ2v) is 7.80. The van der Waals surface area contributed by atoms with Crippen molar-refractivity contribution in [3.8, 4) is 17.3 Å². The van der Waals surface area contributed by atoms with E-state index in [0.717, 1.165) is 23.4 Å². The second kappa shape index (κ2) is 11.4. The van der Waals surface area contributed by atoms with Gasteiger partial charge in [-0.15, -0.1) is 0 Å². The molecule has 4 N–H and O–H groups in total. The molecule has 0 atom stereocenters. The summed E-state index contributed by atoms with van der Waals surface area (Å²) in [6.07, 6.45) is -3.64. The molecule has 0 aliphatic heterocycles. The highest BCUT2D eigenvalue weighted by Gasteiger charge is 2.38. The van der Waals surface area contributed by atoms with E-state index >= 15 is 0 Å². The zero-order valence-electron chi connectivity index (χ0n) is 18.7. The Kier molecular flexibility index (Phi) is 9.48. The molecule has 0 aliphatic rings. The van der Waals surface area contributed by atoms with E-state index in [1.807, 2.05) is 24.3 Å². The van der Waals surface area contributed by atoms with Crippen LogP contribution in [-0.2, 0) is 16.0 Å². The molecule has 11 heteroatoms. The van der Waals surface area contributed by atoms with Gasteiger partial charge in [0.25, 0.3) is 0 Å². The molecule has 0 saturated carbocycles. The van der Waals surface area contributed by atoms with Crippen LogP contribution in [0.3, 0.4) is 0 Å². The van der Waals surface area contributed by atoms with Gasteiger partial charge in [0.15, 0.2) is 0 Å². The molecule has 0 unspecified atom stereocenters. The molecule has 8 nitrogen and oxygen atoms in total. The molecule has 178 valence electrons. The Labute approximate surface area is 189 Å². The summed E-state index contributed by atoms with van der Waals surface area (Å²) in [5, 5.41) is 19.5. The number of carboxylic acids is 1. The van der Waals surface area contributed by atoms with Crippen LogP contribution in [0.5, 0.6) is 0 Å². The Bertz CT molecular complexity index is 1050. The zero-order chi connectivity index (χ0) is 25.4. The molecule has 0 spiro atoms. The molecular weight excluding hydrogens is 439 g/mol. The molecule has 0 aliphatic carbocycles. The van der Waals surface area contributed by atoms with E-state index in [0.29, 0.717) is 13.0 Å². The van der Waals surface area contributed by atoms with Gasteiger partial charge in [0.1, 0.15) is 6.07 Å². The van der Waals surface area contributed by atoms with E-state index < -0.39 is 17.7 Å². The van der Waals surface area contributed by atoms with E-state index in [2.05, 4.69) is 35.2 Å². The van der Waals surface area contributed by atoms with Crippen molar-refractivity contribution in [1.29, 1.82) is 5.26 Å². The van der Waals surface area contributed by atoms with E-state index in [9.17, 15) is 23.2 Å². The number of nitrogens with two attached hydrogens (primary N) is 1. The Balaban J connectivity index is 0.000000675. The minimum atomic E-state index is -5.08. The highest BCUT2D eigenvalue weighted by atomic mass is 19.4. The lowest BCUT2D eigenvalue weighted by Gasteiger charge is -2.22. The number of aryl methyl sites for hydroxylation is 3. The number of carbonyl (C=O) groups is 2. The normalized spacial score (nSPS) is 11.2. The average molecular weight is 465 g/mol. The number of rotatable bonds is 7. The zero-order valence-corrected chi connectivity index (χ0v) is 18.7. The minimum absolute atomic E-state index is 0.168. The van der Waals surface area contributed by atoms with E-state index in [4.69, 9.17) is 15.6 Å². The quantitative estimate of drug-likeness (QED) is 0.534. The van der Waals surface area contributed by atoms with Gasteiger partial charge in [0, 0.05) is 11.3 Å². The number of halogens is 3. The predicted molar refractivity (Wildman–Crippen MR) is 115 cm³/mol. The van der Waals surface area contributed by atoms with Crippen molar-refractivity contribution in [2.45, 2.75) is 52.3 Å². The molecule has 0 fully saturated rings. The third-order valence-electron chi connectivity index (χ3n) is 4.72. The molecule has 2 aromatic rings. The van der Waals surface area contributed by atoms with Crippen LogP contribution in [-0.4, -0.2) is 45.2 Å². The summed E-state index contributed by atoms with van der Waals surface area (Å²) >= 11 is 0. The third-order valence-corrected chi connectivity index (χ3v) is 4.72. The van der Waals surface area contributed by atoms with E-state index in [-0.39, 0.29) is 11.7 Å². The SMILES string of the molecule is Cc1ccc(-c2cc(CCCNC(C)(C)C(N)=O)nc(C#N)n2)cc1C.O=C(O)C(F)(F)F. The molecule has 33 heavy (non-hydrogen) atoms. The average Bonchev–Trinajstić information content (AvgIpc) is 2.72. The van der Waals surface area contributed by atoms with Crippen LogP contribution in [0.2, 0.25) is 0 Å². The fourth-order valence-corrected chi connectivity index (χ4v) is 2.48. The number of amides is 1. The molecule has 1 amide bonds. The van der Waals surface area contributed by atoms with Crippen LogP contribution < -0.4 is 11.1 Å². The summed E-state index contributed by atoms with van der Waals surface area (Å²) in [6.45, 7) is 8.25. The number of aliphatic carboxylic acids is 1. The summed E-state index contributed by atoms with van der Waals surface area (Å²) in [6, 6.07) is 10.1. The van der Waals surface area contributed by atoms with Crippen molar-refractivity contribution in [2.24, 2.45) is 5.73 Å². The van der Waals surface area contributed by atoms with Crippen LogP contribution in [0.15, 0.2) is 24.3 Å². The van der Waals surface area contributed by atoms with Gasteiger partial charge in [-0.1, -0.05) is 12.1 Å². The van der Waals surface area contributed by atoms with Gasteiger partial charge >= 0.3 is 12.1 Å². The highest BCUT2D eigenvalue weighted by Crippen LogP contribution is 2.21. The lowest BCUT2D eigenvalue weighted by Crippen LogP contribution is -2.50. The lowest BCUT2D eigenvalue weighted by molar-refractivity contribution is -0.192. The third kappa shape index (κ3) is 8.86. The predicted octanol–water partition coefficient (Wildman–Crippen LogP) is 3.05. The van der Waals surface area contributed by atoms with Gasteiger partial charge in [-0.05, 0) is 70.3 Å². The molecular formula is C22H26F3N5O3. The van der Waals surface area contributed by atoms with Crippen molar-refractivity contribution < 1.29 is 27.9 Å². The molecule has 0 saturated heterocycles. The lowest BCUT2D eigenvalue weighted by atomic mass is 10.0. The first-order valence-corrected chi connectivity index (χ1v) is 9.88. The van der Waals surface area contributed by atoms with E-state index in [1.165, 1.54) is 11.1 Å². The summed E-state index contributed by atoms with van der Waals surface area (Å²) in [4.78, 5) is 28.9. The molecule has 1 heterocycles. The standard InChI is InChI=1S/C20H25N5O.C2HF3O2/c1-13-7-8-15(10-14(13)2)17-11-16(24-18(12-21)25-17)6-5-9-23-20(3,4)19(22)26;3-2(4,5)1(6)7/h7-8,10-11,23H,5-6,9H2,1-4H3,(H2,22,26);(H,6,7). The maximum absolute atomic E-state index is 11.3. The maximum atomic E-state index is 11.3. The number of hydrogen-bond donors (Lipinski definition) is 3. The van der Waals surface area contributed by atoms with E-state index in [1.54, 1.807) is 13.8 Å². The van der Waals surface area contributed by atoms with Crippen molar-refractivity contribution in [3.05, 3.63) is 46.9 Å². The first-order valence-electron chi connectivity index (χ1n) is 9.88. The Morgan fingerprint density at radius 3 is 2.24 bits per heavy atom. The van der Waals surface area contributed by atoms with Crippen molar-refractivity contribution in [2.75, 3.05) is 6.54 Å². The smallest absolute Gasteiger partial charge is 0.475 e. The monoisotopic (exact) mass is 465 g/mol. The number of hydrogen-bond acceptors (Lipinski definition) is 6. The van der Waals surface area contributed by atoms with Gasteiger partial charge in [0.2, 0.25) is 11.7 Å². The van der Waals surface area contributed by atoms with Crippen LogP contribution in [0.25, 0.3) is 11.3 Å². The van der Waals surface area contributed by atoms with Gasteiger partial charge in [-0.3, -0.25) is 4.79 Å². The Morgan fingerprint density at radius 1 is 1.15 bits per heavy atom. The number of carboxylic acid groups (broad SMARTS) is 1. The minimum Gasteiger partial charge on any atom is -0.475 e. The van der Waals surface area contributed by atoms with Gasteiger partial charge < -0.3 is 16.2 Å². The number of nitrogens with one attached hydrogen (secondary N) is 1. The van der Waals surface area contributed by atoms with Gasteiger partial charge in [0.05, 0.1) is 11.2 Å². The van der Waals surface area contributed by atoms with Crippen molar-refractivity contribution >= 4 is 11.9 Å².